The number of aromatic nitrogens is 2. The summed E-state index contributed by atoms with van der Waals surface area (Å²) >= 11 is 5.77. The third-order valence-electron chi connectivity index (χ3n) is 2.96. The minimum atomic E-state index is -0.716. The van der Waals surface area contributed by atoms with Crippen LogP contribution in [0.3, 0.4) is 0 Å². The Balaban J connectivity index is 1.74. The molecule has 1 aromatic heterocycles. The van der Waals surface area contributed by atoms with Crippen molar-refractivity contribution in [1.82, 2.24) is 9.78 Å². The molecule has 0 fully saturated rings. The smallest absolute Gasteiger partial charge is 0.409 e. The maximum absolute atomic E-state index is 11.8. The van der Waals surface area contributed by atoms with E-state index in [1.165, 1.54) is 6.20 Å². The molecule has 3 rings (SSSR count). The van der Waals surface area contributed by atoms with E-state index in [1.54, 1.807) is 41.2 Å². The average molecular weight is 326 g/mol. The summed E-state index contributed by atoms with van der Waals surface area (Å²) in [5.41, 5.74) is 0.919. The van der Waals surface area contributed by atoms with Crippen LogP contribution in [-0.4, -0.2) is 15.9 Å². The van der Waals surface area contributed by atoms with Gasteiger partial charge in [0, 0.05) is 11.2 Å². The van der Waals surface area contributed by atoms with E-state index < -0.39 is 6.09 Å². The molecule has 0 aliphatic heterocycles. The second-order valence-electron chi connectivity index (χ2n) is 4.60. The van der Waals surface area contributed by atoms with Crippen LogP contribution in [0.15, 0.2) is 78.0 Å². The molecule has 6 heteroatoms. The molecule has 114 valence electrons. The van der Waals surface area contributed by atoms with Crippen molar-refractivity contribution in [3.05, 3.63) is 83.4 Å². The van der Waals surface area contributed by atoms with Crippen LogP contribution in [0.4, 0.5) is 4.79 Å². The molecule has 2 aromatic carbocycles. The number of para-hydroxylation sites is 1. The van der Waals surface area contributed by atoms with Crippen LogP contribution in [0.25, 0.3) is 5.69 Å². The SMILES string of the molecule is O=C(N=c1ccn(-c2ccccc2)nc1)Oc1ccc(Cl)cc1. The zero-order chi connectivity index (χ0) is 16.1. The van der Waals surface area contributed by atoms with Crippen molar-refractivity contribution >= 4 is 17.7 Å². The Labute approximate surface area is 137 Å². The van der Waals surface area contributed by atoms with E-state index in [9.17, 15) is 4.79 Å². The standard InChI is InChI=1S/C17H12ClN3O2/c18-13-6-8-16(9-7-13)23-17(22)20-14-10-11-21(19-12-14)15-4-2-1-3-5-15/h1-12H. The van der Waals surface area contributed by atoms with E-state index in [-0.39, 0.29) is 0 Å². The fourth-order valence-corrected chi connectivity index (χ4v) is 2.01. The Morgan fingerprint density at radius 3 is 2.43 bits per heavy atom. The van der Waals surface area contributed by atoms with Crippen molar-refractivity contribution in [2.45, 2.75) is 0 Å². The quantitative estimate of drug-likeness (QED) is 0.723. The predicted molar refractivity (Wildman–Crippen MR) is 86.6 cm³/mol. The molecule has 1 amide bonds. The van der Waals surface area contributed by atoms with Crippen molar-refractivity contribution in [2.75, 3.05) is 0 Å². The molecule has 0 bridgehead atoms. The summed E-state index contributed by atoms with van der Waals surface area (Å²) in [5, 5.41) is 5.20. The second-order valence-corrected chi connectivity index (χ2v) is 5.04. The summed E-state index contributed by atoms with van der Waals surface area (Å²) in [6.07, 6.45) is 2.51. The molecule has 0 atom stereocenters. The number of carbonyl (C=O) groups excluding carboxylic acids is 1. The summed E-state index contributed by atoms with van der Waals surface area (Å²) in [7, 11) is 0. The highest BCUT2D eigenvalue weighted by molar-refractivity contribution is 6.30. The third kappa shape index (κ3) is 4.05. The van der Waals surface area contributed by atoms with Gasteiger partial charge in [0.2, 0.25) is 0 Å². The minimum Gasteiger partial charge on any atom is -0.409 e. The number of ether oxygens (including phenoxy) is 1. The largest absolute Gasteiger partial charge is 0.439 e. The summed E-state index contributed by atoms with van der Waals surface area (Å²) in [4.78, 5) is 15.6. The Hall–Kier alpha value is -2.92. The maximum Gasteiger partial charge on any atom is 0.439 e. The Morgan fingerprint density at radius 2 is 1.78 bits per heavy atom. The van der Waals surface area contributed by atoms with Gasteiger partial charge in [0.25, 0.3) is 0 Å². The first-order chi connectivity index (χ1) is 11.2. The van der Waals surface area contributed by atoms with Gasteiger partial charge in [-0.3, -0.25) is 0 Å². The van der Waals surface area contributed by atoms with Crippen LogP contribution in [0.1, 0.15) is 0 Å². The monoisotopic (exact) mass is 325 g/mol. The van der Waals surface area contributed by atoms with Crippen LogP contribution < -0.4 is 10.1 Å². The Kier molecular flexibility index (Phi) is 4.49. The van der Waals surface area contributed by atoms with Crippen LogP contribution in [0.5, 0.6) is 5.75 Å². The Morgan fingerprint density at radius 1 is 1.04 bits per heavy atom. The summed E-state index contributed by atoms with van der Waals surface area (Å²) < 4.78 is 6.77. The van der Waals surface area contributed by atoms with E-state index in [2.05, 4.69) is 10.1 Å². The van der Waals surface area contributed by atoms with Gasteiger partial charge in [0.15, 0.2) is 0 Å². The van der Waals surface area contributed by atoms with E-state index in [0.29, 0.717) is 16.1 Å². The van der Waals surface area contributed by atoms with E-state index in [0.717, 1.165) is 5.69 Å². The lowest BCUT2D eigenvalue weighted by molar-refractivity contribution is 0.210. The molecular formula is C17H12ClN3O2. The van der Waals surface area contributed by atoms with E-state index in [4.69, 9.17) is 16.3 Å². The zero-order valence-corrected chi connectivity index (χ0v) is 12.7. The van der Waals surface area contributed by atoms with Gasteiger partial charge in [-0.15, -0.1) is 0 Å². The number of hydrogen-bond donors (Lipinski definition) is 0. The maximum atomic E-state index is 11.8. The molecule has 0 saturated carbocycles. The van der Waals surface area contributed by atoms with Gasteiger partial charge < -0.3 is 4.74 Å². The Bertz CT molecular complexity index is 854. The van der Waals surface area contributed by atoms with Gasteiger partial charge in [-0.1, -0.05) is 29.8 Å². The van der Waals surface area contributed by atoms with Gasteiger partial charge in [0.1, 0.15) is 5.75 Å². The fraction of sp³-hybridized carbons (Fsp3) is 0. The summed E-state index contributed by atoms with van der Waals surface area (Å²) in [6.45, 7) is 0. The number of carbonyl (C=O) groups is 1. The molecule has 0 aliphatic carbocycles. The molecule has 0 radical (unpaired) electrons. The third-order valence-corrected chi connectivity index (χ3v) is 3.21. The molecule has 23 heavy (non-hydrogen) atoms. The molecule has 1 heterocycles. The lowest BCUT2D eigenvalue weighted by Gasteiger charge is -2.03. The van der Waals surface area contributed by atoms with Crippen molar-refractivity contribution in [3.63, 3.8) is 0 Å². The van der Waals surface area contributed by atoms with Crippen LogP contribution >= 0.6 is 11.6 Å². The van der Waals surface area contributed by atoms with E-state index in [1.807, 2.05) is 30.3 Å². The van der Waals surface area contributed by atoms with E-state index >= 15 is 0 Å². The fourth-order valence-electron chi connectivity index (χ4n) is 1.88. The van der Waals surface area contributed by atoms with Gasteiger partial charge in [-0.25, -0.2) is 9.48 Å². The van der Waals surface area contributed by atoms with Crippen LogP contribution in [-0.2, 0) is 0 Å². The average Bonchev–Trinajstić information content (AvgIpc) is 2.58. The summed E-state index contributed by atoms with van der Waals surface area (Å²) in [5.74, 6) is 0.381. The number of halogens is 1. The lowest BCUT2D eigenvalue weighted by atomic mass is 10.3. The first-order valence-corrected chi connectivity index (χ1v) is 7.21. The van der Waals surface area contributed by atoms with Crippen LogP contribution in [0, 0.1) is 0 Å². The number of amides is 1. The normalized spacial score (nSPS) is 11.3. The number of hydrogen-bond acceptors (Lipinski definition) is 3. The van der Waals surface area contributed by atoms with Crippen molar-refractivity contribution in [2.24, 2.45) is 4.99 Å². The topological polar surface area (TPSA) is 56.5 Å². The number of nitrogens with zero attached hydrogens (tertiary/aromatic N) is 3. The van der Waals surface area contributed by atoms with Crippen LogP contribution in [0.2, 0.25) is 5.02 Å². The summed E-state index contributed by atoms with van der Waals surface area (Å²) in [6, 6.07) is 17.8. The van der Waals surface area contributed by atoms with Crippen molar-refractivity contribution in [3.8, 4) is 11.4 Å². The zero-order valence-electron chi connectivity index (χ0n) is 12.0. The minimum absolute atomic E-state index is 0.381. The van der Waals surface area contributed by atoms with Crippen molar-refractivity contribution in [1.29, 1.82) is 0 Å². The molecule has 5 nitrogen and oxygen atoms in total. The molecule has 0 saturated heterocycles. The first-order valence-electron chi connectivity index (χ1n) is 6.83. The highest BCUT2D eigenvalue weighted by atomic mass is 35.5. The molecule has 0 aliphatic rings. The van der Waals surface area contributed by atoms with Gasteiger partial charge in [-0.2, -0.15) is 10.1 Å². The second kappa shape index (κ2) is 6.89. The number of rotatable bonds is 2. The molecule has 0 unspecified atom stereocenters. The predicted octanol–water partition coefficient (Wildman–Crippen LogP) is 3.63. The molecule has 0 spiro atoms. The highest BCUT2D eigenvalue weighted by Crippen LogP contribution is 2.15. The van der Waals surface area contributed by atoms with Gasteiger partial charge in [-0.05, 0) is 42.5 Å². The van der Waals surface area contributed by atoms with Gasteiger partial charge in [0.05, 0.1) is 17.2 Å². The van der Waals surface area contributed by atoms with Gasteiger partial charge >= 0.3 is 6.09 Å². The molecule has 0 N–H and O–H groups in total. The highest BCUT2D eigenvalue weighted by Gasteiger charge is 2.02. The molecular weight excluding hydrogens is 314 g/mol. The van der Waals surface area contributed by atoms with Crippen molar-refractivity contribution < 1.29 is 9.53 Å². The number of benzene rings is 2. The molecule has 3 aromatic rings. The lowest BCUT2D eigenvalue weighted by Crippen LogP contribution is -2.13. The first kappa shape index (κ1) is 15.0.